The lowest BCUT2D eigenvalue weighted by Crippen LogP contribution is -2.42. The van der Waals surface area contributed by atoms with Gasteiger partial charge in [-0.25, -0.2) is 8.78 Å². The molecule has 0 bridgehead atoms. The van der Waals surface area contributed by atoms with E-state index in [4.69, 9.17) is 4.74 Å². The predicted octanol–water partition coefficient (Wildman–Crippen LogP) is 2.15. The zero-order chi connectivity index (χ0) is 17.1. The van der Waals surface area contributed by atoms with Crippen LogP contribution < -0.4 is 10.2 Å². The molecule has 0 aliphatic carbocycles. The number of benzene rings is 1. The number of anilines is 1. The van der Waals surface area contributed by atoms with Crippen LogP contribution in [-0.4, -0.2) is 37.1 Å². The summed E-state index contributed by atoms with van der Waals surface area (Å²) in [5.74, 6) is -2.29. The molecule has 2 amide bonds. The van der Waals surface area contributed by atoms with Crippen LogP contribution in [0.4, 0.5) is 14.5 Å². The molecule has 2 aliphatic rings. The second-order valence-corrected chi connectivity index (χ2v) is 6.14. The number of halogens is 2. The van der Waals surface area contributed by atoms with Gasteiger partial charge in [0.2, 0.25) is 11.8 Å². The highest BCUT2D eigenvalue weighted by Gasteiger charge is 2.36. The standard InChI is InChI=1S/C17H20F2N2O3/c18-12-4-1-5-13(19)16(12)21-9-8-14(17(21)23)20-15(22)7-6-11-3-2-10-24-11/h1,4-5,11,14H,2-3,6-10H2,(H,20,22)/t11-,14-/m0/s1. The summed E-state index contributed by atoms with van der Waals surface area (Å²) < 4.78 is 33.1. The van der Waals surface area contributed by atoms with Crippen LogP contribution in [-0.2, 0) is 14.3 Å². The number of para-hydroxylation sites is 1. The zero-order valence-corrected chi connectivity index (χ0v) is 13.3. The number of carbonyl (C=O) groups excluding carboxylic acids is 2. The van der Waals surface area contributed by atoms with E-state index in [1.165, 1.54) is 6.07 Å². The van der Waals surface area contributed by atoms with Crippen LogP contribution in [0.15, 0.2) is 18.2 Å². The minimum Gasteiger partial charge on any atom is -0.378 e. The Morgan fingerprint density at radius 3 is 2.71 bits per heavy atom. The Balaban J connectivity index is 1.57. The summed E-state index contributed by atoms with van der Waals surface area (Å²) in [6, 6.07) is 2.73. The van der Waals surface area contributed by atoms with Crippen molar-refractivity contribution in [2.75, 3.05) is 18.1 Å². The first-order chi connectivity index (χ1) is 11.6. The molecule has 130 valence electrons. The number of ether oxygens (including phenoxy) is 1. The van der Waals surface area contributed by atoms with E-state index >= 15 is 0 Å². The van der Waals surface area contributed by atoms with Gasteiger partial charge in [0.25, 0.3) is 0 Å². The second-order valence-electron chi connectivity index (χ2n) is 6.14. The van der Waals surface area contributed by atoms with E-state index in [2.05, 4.69) is 5.32 Å². The van der Waals surface area contributed by atoms with E-state index in [9.17, 15) is 18.4 Å². The van der Waals surface area contributed by atoms with Crippen LogP contribution in [0.25, 0.3) is 0 Å². The molecule has 0 spiro atoms. The molecular weight excluding hydrogens is 318 g/mol. The number of amides is 2. The van der Waals surface area contributed by atoms with E-state index in [0.29, 0.717) is 12.8 Å². The SMILES string of the molecule is O=C(CC[C@@H]1CCCO1)N[C@H]1CCN(c2c(F)cccc2F)C1=O. The molecule has 7 heteroatoms. The molecule has 1 aromatic rings. The van der Waals surface area contributed by atoms with Gasteiger partial charge in [0.05, 0.1) is 6.10 Å². The third-order valence-electron chi connectivity index (χ3n) is 4.47. The Morgan fingerprint density at radius 1 is 1.29 bits per heavy atom. The van der Waals surface area contributed by atoms with Crippen LogP contribution in [0.2, 0.25) is 0 Å². The van der Waals surface area contributed by atoms with Crippen molar-refractivity contribution < 1.29 is 23.1 Å². The first-order valence-corrected chi connectivity index (χ1v) is 8.22. The fourth-order valence-electron chi connectivity index (χ4n) is 3.21. The van der Waals surface area contributed by atoms with Gasteiger partial charge in [0.15, 0.2) is 0 Å². The van der Waals surface area contributed by atoms with Crippen LogP contribution >= 0.6 is 0 Å². The Morgan fingerprint density at radius 2 is 2.04 bits per heavy atom. The van der Waals surface area contributed by atoms with Gasteiger partial charge in [-0.1, -0.05) is 6.07 Å². The van der Waals surface area contributed by atoms with Crippen LogP contribution in [0.3, 0.4) is 0 Å². The van der Waals surface area contributed by atoms with Gasteiger partial charge < -0.3 is 15.0 Å². The maximum absolute atomic E-state index is 13.8. The topological polar surface area (TPSA) is 58.6 Å². The molecule has 2 fully saturated rings. The first kappa shape index (κ1) is 16.8. The minimum atomic E-state index is -0.784. The van der Waals surface area contributed by atoms with Crippen molar-refractivity contribution in [3.05, 3.63) is 29.8 Å². The van der Waals surface area contributed by atoms with E-state index < -0.39 is 23.6 Å². The lowest BCUT2D eigenvalue weighted by molar-refractivity contribution is -0.126. The number of hydrogen-bond acceptors (Lipinski definition) is 3. The minimum absolute atomic E-state index is 0.110. The Labute approximate surface area is 139 Å². The van der Waals surface area contributed by atoms with Gasteiger partial charge in [0.1, 0.15) is 23.4 Å². The van der Waals surface area contributed by atoms with Crippen molar-refractivity contribution in [3.63, 3.8) is 0 Å². The highest BCUT2D eigenvalue weighted by atomic mass is 19.1. The summed E-state index contributed by atoms with van der Waals surface area (Å²) in [5, 5.41) is 2.66. The monoisotopic (exact) mass is 338 g/mol. The zero-order valence-electron chi connectivity index (χ0n) is 13.3. The fourth-order valence-corrected chi connectivity index (χ4v) is 3.21. The van der Waals surface area contributed by atoms with Crippen molar-refractivity contribution >= 4 is 17.5 Å². The summed E-state index contributed by atoms with van der Waals surface area (Å²) in [7, 11) is 0. The lowest BCUT2D eigenvalue weighted by Gasteiger charge is -2.18. The second kappa shape index (κ2) is 7.25. The molecule has 2 saturated heterocycles. The average Bonchev–Trinajstić information content (AvgIpc) is 3.18. The average molecular weight is 338 g/mol. The Bertz CT molecular complexity index is 612. The van der Waals surface area contributed by atoms with Crippen molar-refractivity contribution in [1.29, 1.82) is 0 Å². The molecular formula is C17H20F2N2O3. The molecule has 24 heavy (non-hydrogen) atoms. The molecule has 3 rings (SSSR count). The summed E-state index contributed by atoms with van der Waals surface area (Å²) >= 11 is 0. The van der Waals surface area contributed by atoms with Crippen LogP contribution in [0, 0.1) is 11.6 Å². The van der Waals surface area contributed by atoms with E-state index in [0.717, 1.165) is 36.5 Å². The molecule has 0 saturated carbocycles. The number of nitrogens with one attached hydrogen (secondary N) is 1. The van der Waals surface area contributed by atoms with Gasteiger partial charge in [-0.2, -0.15) is 0 Å². The molecule has 0 radical (unpaired) electrons. The van der Waals surface area contributed by atoms with Gasteiger partial charge in [-0.15, -0.1) is 0 Å². The largest absolute Gasteiger partial charge is 0.378 e. The Hall–Kier alpha value is -2.02. The molecule has 2 heterocycles. The van der Waals surface area contributed by atoms with Gasteiger partial charge >= 0.3 is 0 Å². The van der Waals surface area contributed by atoms with E-state index in [1.807, 2.05) is 0 Å². The van der Waals surface area contributed by atoms with Crippen molar-refractivity contribution in [2.24, 2.45) is 0 Å². The third-order valence-corrected chi connectivity index (χ3v) is 4.47. The van der Waals surface area contributed by atoms with Gasteiger partial charge in [-0.3, -0.25) is 9.59 Å². The summed E-state index contributed by atoms with van der Waals surface area (Å²) in [6.07, 6.45) is 3.31. The summed E-state index contributed by atoms with van der Waals surface area (Å²) in [4.78, 5) is 25.4. The Kier molecular flexibility index (Phi) is 5.08. The smallest absolute Gasteiger partial charge is 0.249 e. The maximum atomic E-state index is 13.8. The highest BCUT2D eigenvalue weighted by molar-refractivity contribution is 6.01. The van der Waals surface area contributed by atoms with Gasteiger partial charge in [0, 0.05) is 19.6 Å². The molecule has 0 unspecified atom stereocenters. The molecule has 1 aromatic carbocycles. The van der Waals surface area contributed by atoms with E-state index in [-0.39, 0.29) is 30.7 Å². The number of hydrogen-bond donors (Lipinski definition) is 1. The van der Waals surface area contributed by atoms with Crippen molar-refractivity contribution in [2.45, 2.75) is 44.2 Å². The molecule has 2 atom stereocenters. The number of carbonyl (C=O) groups is 2. The highest BCUT2D eigenvalue weighted by Crippen LogP contribution is 2.27. The maximum Gasteiger partial charge on any atom is 0.249 e. The van der Waals surface area contributed by atoms with Gasteiger partial charge in [-0.05, 0) is 37.8 Å². The van der Waals surface area contributed by atoms with Crippen LogP contribution in [0.5, 0.6) is 0 Å². The third kappa shape index (κ3) is 3.56. The number of rotatable bonds is 5. The van der Waals surface area contributed by atoms with Crippen LogP contribution in [0.1, 0.15) is 32.1 Å². The predicted molar refractivity (Wildman–Crippen MR) is 83.5 cm³/mol. The number of nitrogens with zero attached hydrogens (tertiary/aromatic N) is 1. The van der Waals surface area contributed by atoms with Crippen molar-refractivity contribution in [3.8, 4) is 0 Å². The molecule has 0 aromatic heterocycles. The fraction of sp³-hybridized carbons (Fsp3) is 0.529. The first-order valence-electron chi connectivity index (χ1n) is 8.22. The summed E-state index contributed by atoms with van der Waals surface area (Å²) in [5.41, 5.74) is -0.349. The van der Waals surface area contributed by atoms with Crippen molar-refractivity contribution in [1.82, 2.24) is 5.32 Å². The molecule has 2 aliphatic heterocycles. The molecule has 1 N–H and O–H groups in total. The quantitative estimate of drug-likeness (QED) is 0.895. The lowest BCUT2D eigenvalue weighted by atomic mass is 10.1. The molecule has 5 nitrogen and oxygen atoms in total. The normalized spacial score (nSPS) is 23.8. The summed E-state index contributed by atoms with van der Waals surface area (Å²) in [6.45, 7) is 0.907. The van der Waals surface area contributed by atoms with E-state index in [1.54, 1.807) is 0 Å².